The molecule has 3 N–H and O–H groups in total. The number of halogens is 1. The van der Waals surface area contributed by atoms with Gasteiger partial charge in [-0.3, -0.25) is 9.48 Å². The van der Waals surface area contributed by atoms with Crippen LogP contribution in [-0.4, -0.2) is 34.9 Å². The second kappa shape index (κ2) is 6.95. The quantitative estimate of drug-likeness (QED) is 0.810. The Labute approximate surface area is 125 Å². The topological polar surface area (TPSA) is 82.2 Å². The first-order valence-corrected chi connectivity index (χ1v) is 6.65. The maximum Gasteiger partial charge on any atom is 0.258 e. The van der Waals surface area contributed by atoms with Crippen LogP contribution in [0.25, 0.3) is 0 Å². The summed E-state index contributed by atoms with van der Waals surface area (Å²) in [5.74, 6) is 1.12. The van der Waals surface area contributed by atoms with E-state index < -0.39 is 0 Å². The lowest BCUT2D eigenvalue weighted by Gasteiger charge is -2.16. The molecule has 1 heterocycles. The van der Waals surface area contributed by atoms with Crippen LogP contribution < -0.4 is 15.8 Å². The molecule has 0 aliphatic heterocycles. The number of carbonyl (C=O) groups is 1. The molecule has 6 nitrogen and oxygen atoms in total. The molecule has 1 atom stereocenters. The van der Waals surface area contributed by atoms with E-state index in [1.54, 1.807) is 4.68 Å². The van der Waals surface area contributed by atoms with Crippen LogP contribution in [0, 0.1) is 19.8 Å². The van der Waals surface area contributed by atoms with Crippen molar-refractivity contribution >= 4 is 18.3 Å². The van der Waals surface area contributed by atoms with E-state index in [0.29, 0.717) is 18.2 Å². The Bertz CT molecular complexity index is 471. The lowest BCUT2D eigenvalue weighted by atomic mass is 10.2. The van der Waals surface area contributed by atoms with Crippen LogP contribution in [0.1, 0.15) is 24.2 Å². The van der Waals surface area contributed by atoms with Gasteiger partial charge in [0, 0.05) is 19.6 Å². The summed E-state index contributed by atoms with van der Waals surface area (Å²) in [6, 6.07) is 0.0900. The van der Waals surface area contributed by atoms with Gasteiger partial charge >= 0.3 is 0 Å². The van der Waals surface area contributed by atoms with Gasteiger partial charge in [0.2, 0.25) is 0 Å². The molecular weight excluding hydrogens is 280 g/mol. The van der Waals surface area contributed by atoms with Gasteiger partial charge < -0.3 is 15.8 Å². The van der Waals surface area contributed by atoms with Gasteiger partial charge in [-0.25, -0.2) is 0 Å². The molecule has 114 valence electrons. The van der Waals surface area contributed by atoms with E-state index in [2.05, 4.69) is 10.4 Å². The average molecular weight is 303 g/mol. The Hall–Kier alpha value is -1.27. The third-order valence-corrected chi connectivity index (χ3v) is 3.58. The van der Waals surface area contributed by atoms with Crippen LogP contribution in [-0.2, 0) is 11.8 Å². The maximum atomic E-state index is 11.8. The first kappa shape index (κ1) is 16.8. The smallest absolute Gasteiger partial charge is 0.258 e. The van der Waals surface area contributed by atoms with Crippen LogP contribution in [0.2, 0.25) is 0 Å². The highest BCUT2D eigenvalue weighted by atomic mass is 35.5. The molecule has 0 saturated heterocycles. The predicted octanol–water partition coefficient (Wildman–Crippen LogP) is 0.691. The van der Waals surface area contributed by atoms with Crippen molar-refractivity contribution in [2.24, 2.45) is 18.7 Å². The molecule has 1 amide bonds. The van der Waals surface area contributed by atoms with Crippen molar-refractivity contribution in [1.29, 1.82) is 0 Å². The zero-order chi connectivity index (χ0) is 14.0. The van der Waals surface area contributed by atoms with Gasteiger partial charge in [-0.15, -0.1) is 12.4 Å². The first-order chi connectivity index (χ1) is 9.02. The number of rotatable bonds is 6. The first-order valence-electron chi connectivity index (χ1n) is 6.65. The molecule has 1 aliphatic carbocycles. The number of aromatic nitrogens is 2. The number of ether oxygens (including phenoxy) is 1. The Morgan fingerprint density at radius 2 is 2.20 bits per heavy atom. The predicted molar refractivity (Wildman–Crippen MR) is 79.1 cm³/mol. The summed E-state index contributed by atoms with van der Waals surface area (Å²) in [5, 5.41) is 7.17. The molecule has 1 aliphatic rings. The molecule has 1 fully saturated rings. The van der Waals surface area contributed by atoms with E-state index in [9.17, 15) is 4.79 Å². The Morgan fingerprint density at radius 1 is 1.55 bits per heavy atom. The lowest BCUT2D eigenvalue weighted by Crippen LogP contribution is -2.43. The highest BCUT2D eigenvalue weighted by Gasteiger charge is 2.31. The normalized spacial score (nSPS) is 15.4. The number of nitrogens with one attached hydrogen (secondary N) is 1. The number of nitrogens with two attached hydrogens (primary N) is 1. The third-order valence-electron chi connectivity index (χ3n) is 3.58. The highest BCUT2D eigenvalue weighted by molar-refractivity contribution is 5.85. The second-order valence-electron chi connectivity index (χ2n) is 5.16. The van der Waals surface area contributed by atoms with Crippen molar-refractivity contribution in [2.75, 3.05) is 13.2 Å². The fourth-order valence-corrected chi connectivity index (χ4v) is 2.22. The monoisotopic (exact) mass is 302 g/mol. The summed E-state index contributed by atoms with van der Waals surface area (Å²) in [5.41, 5.74) is 7.37. The maximum absolute atomic E-state index is 11.8. The number of nitrogens with zero attached hydrogens (tertiary/aromatic N) is 2. The third kappa shape index (κ3) is 3.86. The van der Waals surface area contributed by atoms with Crippen molar-refractivity contribution in [3.8, 4) is 5.75 Å². The molecule has 1 saturated carbocycles. The lowest BCUT2D eigenvalue weighted by molar-refractivity contribution is -0.123. The van der Waals surface area contributed by atoms with E-state index in [1.807, 2.05) is 20.9 Å². The molecule has 20 heavy (non-hydrogen) atoms. The van der Waals surface area contributed by atoms with E-state index in [4.69, 9.17) is 10.5 Å². The molecule has 0 aromatic carbocycles. The minimum Gasteiger partial charge on any atom is -0.480 e. The Kier molecular flexibility index (Phi) is 5.83. The van der Waals surface area contributed by atoms with E-state index in [-0.39, 0.29) is 31.0 Å². The molecule has 0 bridgehead atoms. The summed E-state index contributed by atoms with van der Waals surface area (Å²) in [4.78, 5) is 11.8. The number of hydrogen-bond donors (Lipinski definition) is 2. The van der Waals surface area contributed by atoms with Crippen molar-refractivity contribution in [3.63, 3.8) is 0 Å². The van der Waals surface area contributed by atoms with E-state index >= 15 is 0 Å². The molecule has 0 radical (unpaired) electrons. The second-order valence-corrected chi connectivity index (χ2v) is 5.16. The molecule has 7 heteroatoms. The van der Waals surface area contributed by atoms with Gasteiger partial charge in [0.25, 0.3) is 5.91 Å². The van der Waals surface area contributed by atoms with Crippen LogP contribution in [0.4, 0.5) is 0 Å². The molecule has 1 unspecified atom stereocenters. The standard InChI is InChI=1S/C13H22N4O2.ClH/c1-8-13(9(2)17(3)16-8)19-7-12(18)15-11(6-14)10-4-5-10;/h10-11H,4-7,14H2,1-3H3,(H,15,18);1H. The molecular formula is C13H23ClN4O2. The summed E-state index contributed by atoms with van der Waals surface area (Å²) in [6.45, 7) is 4.28. The summed E-state index contributed by atoms with van der Waals surface area (Å²) in [6.07, 6.45) is 2.31. The minimum absolute atomic E-state index is 0. The van der Waals surface area contributed by atoms with Gasteiger partial charge in [-0.1, -0.05) is 0 Å². The van der Waals surface area contributed by atoms with Crippen molar-refractivity contribution < 1.29 is 9.53 Å². The molecule has 0 spiro atoms. The van der Waals surface area contributed by atoms with E-state index in [0.717, 1.165) is 24.2 Å². The summed E-state index contributed by atoms with van der Waals surface area (Å²) >= 11 is 0. The van der Waals surface area contributed by atoms with Gasteiger partial charge in [0.1, 0.15) is 5.69 Å². The van der Waals surface area contributed by atoms with Crippen LogP contribution in [0.15, 0.2) is 0 Å². The van der Waals surface area contributed by atoms with Gasteiger partial charge in [0.05, 0.1) is 5.69 Å². The molecule has 1 aromatic rings. The number of amides is 1. The molecule has 1 aromatic heterocycles. The van der Waals surface area contributed by atoms with Crippen molar-refractivity contribution in [2.45, 2.75) is 32.7 Å². The Morgan fingerprint density at radius 3 is 2.65 bits per heavy atom. The summed E-state index contributed by atoms with van der Waals surface area (Å²) < 4.78 is 7.31. The largest absolute Gasteiger partial charge is 0.480 e. The minimum atomic E-state index is -0.120. The van der Waals surface area contributed by atoms with Gasteiger partial charge in [-0.2, -0.15) is 5.10 Å². The van der Waals surface area contributed by atoms with Crippen LogP contribution in [0.3, 0.4) is 0 Å². The fraction of sp³-hybridized carbons (Fsp3) is 0.692. The fourth-order valence-electron chi connectivity index (χ4n) is 2.22. The van der Waals surface area contributed by atoms with E-state index in [1.165, 1.54) is 0 Å². The SMILES string of the molecule is Cc1nn(C)c(C)c1OCC(=O)NC(CN)C1CC1.Cl. The average Bonchev–Trinajstić information content (AvgIpc) is 3.16. The van der Waals surface area contributed by atoms with Crippen LogP contribution >= 0.6 is 12.4 Å². The highest BCUT2D eigenvalue weighted by Crippen LogP contribution is 2.32. The van der Waals surface area contributed by atoms with Crippen LogP contribution in [0.5, 0.6) is 5.75 Å². The van der Waals surface area contributed by atoms with Crippen molar-refractivity contribution in [3.05, 3.63) is 11.4 Å². The Balaban J connectivity index is 0.00000200. The zero-order valence-electron chi connectivity index (χ0n) is 12.2. The molecule has 2 rings (SSSR count). The van der Waals surface area contributed by atoms with Crippen molar-refractivity contribution in [1.82, 2.24) is 15.1 Å². The summed E-state index contributed by atoms with van der Waals surface area (Å²) in [7, 11) is 1.85. The van der Waals surface area contributed by atoms with Gasteiger partial charge in [0.15, 0.2) is 12.4 Å². The zero-order valence-corrected chi connectivity index (χ0v) is 13.0. The van der Waals surface area contributed by atoms with Gasteiger partial charge in [-0.05, 0) is 32.6 Å². The number of hydrogen-bond acceptors (Lipinski definition) is 4. The number of carbonyl (C=O) groups excluding carboxylic acids is 1. The number of aryl methyl sites for hydroxylation is 2.